The maximum Gasteiger partial charge on any atom is 0.257 e. The van der Waals surface area contributed by atoms with E-state index >= 15 is 4.39 Å². The zero-order valence-corrected chi connectivity index (χ0v) is 21.8. The molecule has 2 aliphatic rings. The quantitative estimate of drug-likeness (QED) is 0.538. The van der Waals surface area contributed by atoms with Crippen molar-refractivity contribution in [3.05, 3.63) is 65.5 Å². The van der Waals surface area contributed by atoms with Gasteiger partial charge >= 0.3 is 0 Å². The van der Waals surface area contributed by atoms with Gasteiger partial charge < -0.3 is 14.5 Å². The number of ether oxygens (including phenoxy) is 1. The Labute approximate surface area is 214 Å². The number of rotatable bonds is 4. The highest BCUT2D eigenvalue weighted by atomic mass is 19.1. The van der Waals surface area contributed by atoms with Crippen molar-refractivity contribution >= 4 is 11.8 Å². The van der Waals surface area contributed by atoms with Gasteiger partial charge in [0.2, 0.25) is 5.91 Å². The number of hydrogen-bond acceptors (Lipinski definition) is 3. The fourth-order valence-corrected chi connectivity index (χ4v) is 5.86. The van der Waals surface area contributed by atoms with Gasteiger partial charge in [0.1, 0.15) is 18.2 Å². The van der Waals surface area contributed by atoms with E-state index in [-0.39, 0.29) is 36.2 Å². The summed E-state index contributed by atoms with van der Waals surface area (Å²) in [5.41, 5.74) is 0.243. The number of nitrogens with zero attached hydrogens (tertiary/aromatic N) is 2. The van der Waals surface area contributed by atoms with Gasteiger partial charge in [0.05, 0.1) is 17.0 Å². The number of carbonyl (C=O) groups excluding carboxylic acids is 2. The molecule has 1 atom stereocenters. The van der Waals surface area contributed by atoms with Gasteiger partial charge in [0, 0.05) is 25.2 Å². The molecule has 5 nitrogen and oxygen atoms in total. The topological polar surface area (TPSA) is 49.9 Å². The van der Waals surface area contributed by atoms with E-state index in [9.17, 15) is 9.59 Å². The molecule has 0 bridgehead atoms. The number of fused-ring (bicyclic) bond motifs is 1. The predicted molar refractivity (Wildman–Crippen MR) is 140 cm³/mol. The van der Waals surface area contributed by atoms with Crippen molar-refractivity contribution in [2.45, 2.75) is 70.8 Å². The molecule has 0 saturated heterocycles. The van der Waals surface area contributed by atoms with Crippen molar-refractivity contribution in [3.8, 4) is 5.75 Å². The molecule has 0 aromatic heterocycles. The molecule has 4 rings (SSSR count). The molecule has 36 heavy (non-hydrogen) atoms. The van der Waals surface area contributed by atoms with E-state index in [1.165, 1.54) is 6.07 Å². The van der Waals surface area contributed by atoms with E-state index in [1.54, 1.807) is 12.1 Å². The smallest absolute Gasteiger partial charge is 0.257 e. The first kappa shape index (κ1) is 26.2. The molecule has 2 aromatic rings. The Hall–Kier alpha value is -2.89. The number of amides is 2. The number of para-hydroxylation sites is 1. The summed E-state index contributed by atoms with van der Waals surface area (Å²) in [5, 5.41) is 0. The van der Waals surface area contributed by atoms with Crippen LogP contribution in [-0.4, -0.2) is 53.9 Å². The third kappa shape index (κ3) is 5.14. The van der Waals surface area contributed by atoms with Gasteiger partial charge in [0.25, 0.3) is 5.91 Å². The molecule has 1 fully saturated rings. The van der Waals surface area contributed by atoms with Crippen LogP contribution in [0.1, 0.15) is 75.2 Å². The van der Waals surface area contributed by atoms with Gasteiger partial charge in [-0.15, -0.1) is 0 Å². The highest BCUT2D eigenvalue weighted by Gasteiger charge is 2.48. The van der Waals surface area contributed by atoms with Crippen LogP contribution in [0, 0.1) is 11.7 Å². The largest absolute Gasteiger partial charge is 0.491 e. The third-order valence-electron chi connectivity index (χ3n) is 7.96. The van der Waals surface area contributed by atoms with E-state index in [0.717, 1.165) is 25.7 Å². The Morgan fingerprint density at radius 2 is 1.69 bits per heavy atom. The molecule has 6 heteroatoms. The van der Waals surface area contributed by atoms with Crippen molar-refractivity contribution < 1.29 is 18.7 Å². The second kappa shape index (κ2) is 11.4. The summed E-state index contributed by atoms with van der Waals surface area (Å²) in [6.07, 6.45) is 4.72. The lowest BCUT2D eigenvalue weighted by molar-refractivity contribution is -0.142. The average molecular weight is 495 g/mol. The van der Waals surface area contributed by atoms with Gasteiger partial charge in [-0.05, 0) is 56.7 Å². The van der Waals surface area contributed by atoms with Crippen molar-refractivity contribution in [2.75, 3.05) is 26.2 Å². The van der Waals surface area contributed by atoms with Gasteiger partial charge in [-0.3, -0.25) is 9.59 Å². The first-order valence-electron chi connectivity index (χ1n) is 13.5. The Bertz CT molecular complexity index is 1060. The molecule has 194 valence electrons. The summed E-state index contributed by atoms with van der Waals surface area (Å²) in [6, 6.07) is 13.9. The minimum absolute atomic E-state index is 0.0150. The summed E-state index contributed by atoms with van der Waals surface area (Å²) >= 11 is 0. The van der Waals surface area contributed by atoms with Crippen molar-refractivity contribution in [1.82, 2.24) is 9.80 Å². The van der Waals surface area contributed by atoms with E-state index in [1.807, 2.05) is 47.1 Å². The number of halogens is 1. The number of carbonyl (C=O) groups is 2. The lowest BCUT2D eigenvalue weighted by Gasteiger charge is -2.41. The normalized spacial score (nSPS) is 20.9. The molecule has 0 N–H and O–H groups in total. The molecule has 0 radical (unpaired) electrons. The van der Waals surface area contributed by atoms with E-state index < -0.39 is 5.41 Å². The van der Waals surface area contributed by atoms with Crippen LogP contribution in [0.5, 0.6) is 5.75 Å². The predicted octanol–water partition coefficient (Wildman–Crippen LogP) is 5.83. The van der Waals surface area contributed by atoms with Crippen LogP contribution < -0.4 is 4.74 Å². The minimum atomic E-state index is -0.834. The zero-order chi connectivity index (χ0) is 25.7. The number of benzene rings is 2. The Balaban J connectivity index is 1.72. The van der Waals surface area contributed by atoms with Crippen LogP contribution in [0.4, 0.5) is 4.39 Å². The second-order valence-corrected chi connectivity index (χ2v) is 10.5. The summed E-state index contributed by atoms with van der Waals surface area (Å²) in [6.45, 7) is 8.26. The molecular weight excluding hydrogens is 455 g/mol. The highest BCUT2D eigenvalue weighted by molar-refractivity contribution is 5.97. The average Bonchev–Trinajstić information content (AvgIpc) is 3.37. The molecule has 1 saturated carbocycles. The molecule has 0 spiro atoms. The van der Waals surface area contributed by atoms with Gasteiger partial charge in [0.15, 0.2) is 0 Å². The van der Waals surface area contributed by atoms with E-state index in [2.05, 4.69) is 13.8 Å². The summed E-state index contributed by atoms with van der Waals surface area (Å²) in [7, 11) is 0. The zero-order valence-electron chi connectivity index (χ0n) is 21.8. The highest BCUT2D eigenvalue weighted by Crippen LogP contribution is 2.44. The van der Waals surface area contributed by atoms with Gasteiger partial charge in [-0.2, -0.15) is 0 Å². The lowest BCUT2D eigenvalue weighted by atomic mass is 9.76. The summed E-state index contributed by atoms with van der Waals surface area (Å²) < 4.78 is 21.4. The first-order valence-corrected chi connectivity index (χ1v) is 13.5. The number of hydrogen-bond donors (Lipinski definition) is 0. The fraction of sp³-hybridized carbons (Fsp3) is 0.533. The van der Waals surface area contributed by atoms with Crippen LogP contribution >= 0.6 is 0 Å². The molecule has 2 aromatic carbocycles. The third-order valence-corrected chi connectivity index (χ3v) is 7.96. The van der Waals surface area contributed by atoms with E-state index in [0.29, 0.717) is 49.4 Å². The maximum absolute atomic E-state index is 15.1. The van der Waals surface area contributed by atoms with Crippen molar-refractivity contribution in [2.24, 2.45) is 5.92 Å². The lowest BCUT2D eigenvalue weighted by Crippen LogP contribution is -2.54. The molecular formula is C30H39FN2O3. The molecule has 0 unspecified atom stereocenters. The Morgan fingerprint density at radius 3 is 2.39 bits per heavy atom. The molecule has 1 heterocycles. The van der Waals surface area contributed by atoms with Gasteiger partial charge in [-0.1, -0.05) is 57.0 Å². The van der Waals surface area contributed by atoms with Crippen molar-refractivity contribution in [1.29, 1.82) is 0 Å². The molecule has 1 aliphatic carbocycles. The van der Waals surface area contributed by atoms with E-state index in [4.69, 9.17) is 4.74 Å². The van der Waals surface area contributed by atoms with Crippen LogP contribution in [0.25, 0.3) is 0 Å². The Morgan fingerprint density at radius 1 is 1.03 bits per heavy atom. The SMILES string of the molecule is CCN1CCCCN(C(=O)C2(c3ccccc3F)CCCC2)[C@@H](C(C)C)COc2ccccc2C1=O. The minimum Gasteiger partial charge on any atom is -0.491 e. The molecule has 1 aliphatic heterocycles. The fourth-order valence-electron chi connectivity index (χ4n) is 5.86. The standard InChI is InChI=1S/C30H39FN2O3/c1-4-32-19-11-12-20-33(26(22(2)3)21-36-27-16-8-5-13-23(27)28(32)34)29(35)30(17-9-10-18-30)24-14-6-7-15-25(24)31/h5-8,13-16,22,26H,4,9-12,17-21H2,1-3H3/t26-/m1/s1. The summed E-state index contributed by atoms with van der Waals surface area (Å²) in [4.78, 5) is 31.5. The van der Waals surface area contributed by atoms with Crippen LogP contribution in [-0.2, 0) is 10.2 Å². The maximum atomic E-state index is 15.1. The Kier molecular flexibility index (Phi) is 8.32. The second-order valence-electron chi connectivity index (χ2n) is 10.5. The van der Waals surface area contributed by atoms with Crippen LogP contribution in [0.15, 0.2) is 48.5 Å². The van der Waals surface area contributed by atoms with Crippen LogP contribution in [0.3, 0.4) is 0 Å². The van der Waals surface area contributed by atoms with Crippen LogP contribution in [0.2, 0.25) is 0 Å². The summed E-state index contributed by atoms with van der Waals surface area (Å²) in [5.74, 6) is 0.369. The van der Waals surface area contributed by atoms with Crippen molar-refractivity contribution in [3.63, 3.8) is 0 Å². The monoisotopic (exact) mass is 494 g/mol. The molecule has 2 amide bonds. The first-order chi connectivity index (χ1) is 17.4. The van der Waals surface area contributed by atoms with Gasteiger partial charge in [-0.25, -0.2) is 4.39 Å².